The summed E-state index contributed by atoms with van der Waals surface area (Å²) in [6, 6.07) is 37.6. The van der Waals surface area contributed by atoms with Crippen molar-refractivity contribution < 1.29 is 14.6 Å². The second-order valence-corrected chi connectivity index (χ2v) is 8.48. The molecule has 1 N–H and O–H groups in total. The molecule has 0 fully saturated rings. The maximum Gasteiger partial charge on any atom is 0.306 e. The SMILES string of the molecule is O=C(CCc1ccccc1)O[C@H](c1cccc2ccccc12)[C@@H](O)c1cccc2ccccc12. The molecule has 5 aromatic rings. The molecule has 0 aliphatic heterocycles. The lowest BCUT2D eigenvalue weighted by Gasteiger charge is -2.26. The molecule has 0 spiro atoms. The van der Waals surface area contributed by atoms with Gasteiger partial charge in [-0.05, 0) is 39.1 Å². The Balaban J connectivity index is 1.52. The summed E-state index contributed by atoms with van der Waals surface area (Å²) >= 11 is 0. The number of rotatable bonds is 7. The van der Waals surface area contributed by atoms with Gasteiger partial charge in [-0.3, -0.25) is 4.79 Å². The van der Waals surface area contributed by atoms with Gasteiger partial charge in [0.2, 0.25) is 0 Å². The molecule has 0 bridgehead atoms. The van der Waals surface area contributed by atoms with Gasteiger partial charge in [0.15, 0.2) is 6.10 Å². The van der Waals surface area contributed by atoms with Gasteiger partial charge in [-0.2, -0.15) is 0 Å². The highest BCUT2D eigenvalue weighted by Crippen LogP contribution is 2.38. The van der Waals surface area contributed by atoms with E-state index in [1.165, 1.54) is 0 Å². The van der Waals surface area contributed by atoms with Gasteiger partial charge in [0, 0.05) is 12.0 Å². The van der Waals surface area contributed by atoms with Crippen LogP contribution in [0.2, 0.25) is 0 Å². The van der Waals surface area contributed by atoms with Crippen LogP contribution in [-0.2, 0) is 16.0 Å². The Morgan fingerprint density at radius 2 is 1.18 bits per heavy atom. The third kappa shape index (κ3) is 4.57. The molecule has 2 atom stereocenters. The van der Waals surface area contributed by atoms with Crippen LogP contribution < -0.4 is 0 Å². The zero-order valence-electron chi connectivity index (χ0n) is 18.8. The third-order valence-electron chi connectivity index (χ3n) is 6.28. The summed E-state index contributed by atoms with van der Waals surface area (Å²) in [4.78, 5) is 13.0. The van der Waals surface area contributed by atoms with Crippen LogP contribution in [0.25, 0.3) is 21.5 Å². The van der Waals surface area contributed by atoms with Crippen molar-refractivity contribution in [2.24, 2.45) is 0 Å². The van der Waals surface area contributed by atoms with Crippen molar-refractivity contribution in [3.63, 3.8) is 0 Å². The third-order valence-corrected chi connectivity index (χ3v) is 6.28. The van der Waals surface area contributed by atoms with Gasteiger partial charge in [-0.1, -0.05) is 115 Å². The van der Waals surface area contributed by atoms with E-state index in [-0.39, 0.29) is 12.4 Å². The molecule has 34 heavy (non-hydrogen) atoms. The van der Waals surface area contributed by atoms with Gasteiger partial charge in [0.1, 0.15) is 6.10 Å². The number of ether oxygens (including phenoxy) is 1. The summed E-state index contributed by atoms with van der Waals surface area (Å²) in [5.74, 6) is -0.332. The van der Waals surface area contributed by atoms with Crippen LogP contribution in [0.5, 0.6) is 0 Å². The highest BCUT2D eigenvalue weighted by atomic mass is 16.6. The number of aryl methyl sites for hydroxylation is 1. The summed E-state index contributed by atoms with van der Waals surface area (Å²) in [5, 5.41) is 15.6. The lowest BCUT2D eigenvalue weighted by atomic mass is 9.91. The molecular formula is C31H26O3. The van der Waals surface area contributed by atoms with Crippen LogP contribution in [-0.4, -0.2) is 11.1 Å². The number of carbonyl (C=O) groups is 1. The largest absolute Gasteiger partial charge is 0.454 e. The van der Waals surface area contributed by atoms with Crippen LogP contribution >= 0.6 is 0 Å². The first-order valence-corrected chi connectivity index (χ1v) is 11.6. The molecule has 0 aromatic heterocycles. The standard InChI is InChI=1S/C31H26O3/c32-29(21-20-22-10-2-1-3-11-22)34-31(28-19-9-15-24-13-5-7-17-26(24)28)30(33)27-18-8-14-23-12-4-6-16-25(23)27/h1-19,30-31,33H,20-21H2/t30-,31+/m0/s1. The highest BCUT2D eigenvalue weighted by Gasteiger charge is 2.29. The Labute approximate surface area is 199 Å². The van der Waals surface area contributed by atoms with E-state index in [0.717, 1.165) is 38.2 Å². The van der Waals surface area contributed by atoms with Crippen molar-refractivity contribution in [2.75, 3.05) is 0 Å². The fourth-order valence-corrected chi connectivity index (χ4v) is 4.56. The van der Waals surface area contributed by atoms with Gasteiger partial charge < -0.3 is 9.84 Å². The minimum atomic E-state index is -1.02. The average Bonchev–Trinajstić information content (AvgIpc) is 2.90. The second-order valence-electron chi connectivity index (χ2n) is 8.48. The van der Waals surface area contributed by atoms with Crippen LogP contribution in [0, 0.1) is 0 Å². The first kappa shape index (κ1) is 21.9. The lowest BCUT2D eigenvalue weighted by molar-refractivity contribution is -0.156. The molecule has 168 valence electrons. The van der Waals surface area contributed by atoms with Crippen molar-refractivity contribution in [3.8, 4) is 0 Å². The summed E-state index contributed by atoms with van der Waals surface area (Å²) in [5.41, 5.74) is 2.62. The predicted molar refractivity (Wildman–Crippen MR) is 136 cm³/mol. The molecule has 0 amide bonds. The second kappa shape index (κ2) is 9.90. The number of carbonyl (C=O) groups excluding carboxylic acids is 1. The molecule has 5 rings (SSSR count). The van der Waals surface area contributed by atoms with Crippen LogP contribution in [0.15, 0.2) is 115 Å². The van der Waals surface area contributed by atoms with Crippen molar-refractivity contribution in [1.29, 1.82) is 0 Å². The quantitative estimate of drug-likeness (QED) is 0.275. The van der Waals surface area contributed by atoms with E-state index in [9.17, 15) is 9.90 Å². The number of aliphatic hydroxyl groups excluding tert-OH is 1. The Morgan fingerprint density at radius 3 is 1.85 bits per heavy atom. The average molecular weight is 447 g/mol. The van der Waals surface area contributed by atoms with E-state index in [2.05, 4.69) is 0 Å². The Hall–Kier alpha value is -3.95. The molecule has 0 heterocycles. The van der Waals surface area contributed by atoms with Gasteiger partial charge in [-0.15, -0.1) is 0 Å². The zero-order chi connectivity index (χ0) is 23.3. The van der Waals surface area contributed by atoms with E-state index in [1.54, 1.807) is 0 Å². The number of aliphatic hydroxyl groups is 1. The monoisotopic (exact) mass is 446 g/mol. The maximum atomic E-state index is 13.0. The minimum Gasteiger partial charge on any atom is -0.454 e. The maximum absolute atomic E-state index is 13.0. The smallest absolute Gasteiger partial charge is 0.306 e. The summed E-state index contributed by atoms with van der Waals surface area (Å²) < 4.78 is 6.04. The molecule has 0 aliphatic carbocycles. The van der Waals surface area contributed by atoms with Crippen LogP contribution in [0.4, 0.5) is 0 Å². The van der Waals surface area contributed by atoms with Gasteiger partial charge in [0.05, 0.1) is 0 Å². The molecule has 0 aliphatic rings. The zero-order valence-corrected chi connectivity index (χ0v) is 18.8. The first-order valence-electron chi connectivity index (χ1n) is 11.6. The number of hydrogen-bond acceptors (Lipinski definition) is 3. The molecule has 3 heteroatoms. The van der Waals surface area contributed by atoms with Crippen molar-refractivity contribution in [1.82, 2.24) is 0 Å². The fourth-order valence-electron chi connectivity index (χ4n) is 4.56. The lowest BCUT2D eigenvalue weighted by Crippen LogP contribution is -2.19. The Kier molecular flexibility index (Phi) is 6.37. The van der Waals surface area contributed by atoms with E-state index in [1.807, 2.05) is 115 Å². The van der Waals surface area contributed by atoms with Gasteiger partial charge in [-0.25, -0.2) is 0 Å². The molecule has 5 aromatic carbocycles. The molecular weight excluding hydrogens is 420 g/mol. The highest BCUT2D eigenvalue weighted by molar-refractivity contribution is 5.88. The van der Waals surface area contributed by atoms with Gasteiger partial charge >= 0.3 is 5.97 Å². The number of hydrogen-bond donors (Lipinski definition) is 1. The van der Waals surface area contributed by atoms with Crippen LogP contribution in [0.1, 0.15) is 35.3 Å². The molecule has 0 saturated carbocycles. The topological polar surface area (TPSA) is 46.5 Å². The minimum absolute atomic E-state index is 0.244. The molecule has 3 nitrogen and oxygen atoms in total. The van der Waals surface area contributed by atoms with E-state index in [0.29, 0.717) is 6.42 Å². The van der Waals surface area contributed by atoms with Crippen molar-refractivity contribution in [2.45, 2.75) is 25.0 Å². The number of benzene rings is 5. The molecule has 0 saturated heterocycles. The summed E-state index contributed by atoms with van der Waals surface area (Å²) in [6.07, 6.45) is -1.02. The van der Waals surface area contributed by atoms with Crippen molar-refractivity contribution >= 4 is 27.5 Å². The van der Waals surface area contributed by atoms with E-state index >= 15 is 0 Å². The fraction of sp³-hybridized carbons (Fsp3) is 0.129. The predicted octanol–water partition coefficient (Wildman–Crippen LogP) is 6.94. The normalized spacial score (nSPS) is 13.0. The molecule has 0 unspecified atom stereocenters. The Morgan fingerprint density at radius 1 is 0.647 bits per heavy atom. The van der Waals surface area contributed by atoms with Gasteiger partial charge in [0.25, 0.3) is 0 Å². The van der Waals surface area contributed by atoms with E-state index in [4.69, 9.17) is 4.74 Å². The van der Waals surface area contributed by atoms with Crippen molar-refractivity contribution in [3.05, 3.63) is 132 Å². The summed E-state index contributed by atoms with van der Waals surface area (Å²) in [7, 11) is 0. The first-order chi connectivity index (χ1) is 16.7. The Bertz CT molecular complexity index is 1410. The summed E-state index contributed by atoms with van der Waals surface area (Å²) in [6.45, 7) is 0. The van der Waals surface area contributed by atoms with Crippen LogP contribution in [0.3, 0.4) is 0 Å². The van der Waals surface area contributed by atoms with E-state index < -0.39 is 12.2 Å². The number of fused-ring (bicyclic) bond motifs is 2. The number of esters is 1. The molecule has 0 radical (unpaired) electrons.